The summed E-state index contributed by atoms with van der Waals surface area (Å²) >= 11 is 0. The molecule has 1 unspecified atom stereocenters. The summed E-state index contributed by atoms with van der Waals surface area (Å²) in [6.07, 6.45) is 4.27. The second-order valence-corrected chi connectivity index (χ2v) is 7.88. The van der Waals surface area contributed by atoms with Crippen molar-refractivity contribution in [1.29, 1.82) is 0 Å². The molecule has 1 atom stereocenters. The molecule has 7 nitrogen and oxygen atoms in total. The van der Waals surface area contributed by atoms with Crippen molar-refractivity contribution in [2.24, 2.45) is 10.9 Å². The van der Waals surface area contributed by atoms with Crippen molar-refractivity contribution in [2.75, 3.05) is 45.9 Å². The molecule has 2 aliphatic rings. The van der Waals surface area contributed by atoms with Crippen LogP contribution in [0.2, 0.25) is 0 Å². The third kappa shape index (κ3) is 7.93. The van der Waals surface area contributed by atoms with Crippen LogP contribution in [0, 0.1) is 5.92 Å². The average Bonchev–Trinajstić information content (AvgIpc) is 3.17. The van der Waals surface area contributed by atoms with Gasteiger partial charge in [-0.3, -0.25) is 9.89 Å². The van der Waals surface area contributed by atoms with Crippen LogP contribution in [-0.4, -0.2) is 79.8 Å². The normalized spacial score (nSPS) is 20.0. The zero-order chi connectivity index (χ0) is 19.6. The van der Waals surface area contributed by atoms with Crippen LogP contribution in [0.15, 0.2) is 4.99 Å². The van der Waals surface area contributed by atoms with Crippen molar-refractivity contribution in [3.63, 3.8) is 0 Å². The predicted molar refractivity (Wildman–Crippen MR) is 126 cm³/mol. The lowest BCUT2D eigenvalue weighted by atomic mass is 10.0. The van der Waals surface area contributed by atoms with Crippen molar-refractivity contribution in [3.05, 3.63) is 0 Å². The summed E-state index contributed by atoms with van der Waals surface area (Å²) < 4.78 is 5.10. The van der Waals surface area contributed by atoms with Crippen molar-refractivity contribution >= 4 is 36.0 Å². The van der Waals surface area contributed by atoms with E-state index in [0.717, 1.165) is 45.0 Å². The Hall–Kier alpha value is -0.770. The number of rotatable bonds is 7. The summed E-state index contributed by atoms with van der Waals surface area (Å²) in [5, 5.41) is 6.96. The second kappa shape index (κ2) is 13.5. The van der Waals surface area contributed by atoms with Crippen molar-refractivity contribution < 1.29 is 9.53 Å². The highest BCUT2D eigenvalue weighted by Crippen LogP contribution is 2.18. The molecule has 2 aliphatic heterocycles. The standard InChI is InChI=1S/C20H39N5O2.HI/c1-5-21-19(22-15-18(16(3)4)24-11-7-8-12-24)23-17-9-13-25(14-10-17)20(26)27-6-2;/h16-18H,5-15H2,1-4H3,(H2,21,22,23);1H. The fraction of sp³-hybridized carbons (Fsp3) is 0.900. The molecule has 164 valence electrons. The minimum atomic E-state index is -0.193. The van der Waals surface area contributed by atoms with Gasteiger partial charge in [-0.2, -0.15) is 0 Å². The molecule has 0 bridgehead atoms. The molecule has 2 fully saturated rings. The Bertz CT molecular complexity index is 475. The molecule has 0 aromatic heterocycles. The number of hydrogen-bond acceptors (Lipinski definition) is 4. The van der Waals surface area contributed by atoms with Gasteiger partial charge in [-0.15, -0.1) is 24.0 Å². The number of guanidine groups is 1. The number of nitrogens with zero attached hydrogens (tertiary/aromatic N) is 3. The van der Waals surface area contributed by atoms with Crippen LogP contribution in [0.3, 0.4) is 0 Å². The number of ether oxygens (including phenoxy) is 1. The number of carbonyl (C=O) groups is 1. The monoisotopic (exact) mass is 509 g/mol. The smallest absolute Gasteiger partial charge is 0.409 e. The van der Waals surface area contributed by atoms with E-state index >= 15 is 0 Å². The number of hydrogen-bond donors (Lipinski definition) is 2. The summed E-state index contributed by atoms with van der Waals surface area (Å²) in [6, 6.07) is 0.853. The third-order valence-corrected chi connectivity index (χ3v) is 5.52. The molecule has 2 heterocycles. The molecular formula is C20H40IN5O2. The van der Waals surface area contributed by atoms with Crippen LogP contribution in [0.4, 0.5) is 4.79 Å². The molecule has 8 heteroatoms. The fourth-order valence-electron chi connectivity index (χ4n) is 3.94. The van der Waals surface area contributed by atoms with E-state index in [-0.39, 0.29) is 30.1 Å². The highest BCUT2D eigenvalue weighted by Gasteiger charge is 2.26. The molecule has 2 N–H and O–H groups in total. The first-order valence-corrected chi connectivity index (χ1v) is 10.8. The van der Waals surface area contributed by atoms with Gasteiger partial charge < -0.3 is 20.3 Å². The number of aliphatic imine (C=N–C) groups is 1. The van der Waals surface area contributed by atoms with E-state index in [1.54, 1.807) is 4.90 Å². The van der Waals surface area contributed by atoms with E-state index in [1.807, 2.05) is 6.92 Å². The van der Waals surface area contributed by atoms with Crippen LogP contribution in [0.1, 0.15) is 53.4 Å². The molecule has 0 aromatic rings. The minimum Gasteiger partial charge on any atom is -0.450 e. The number of halogens is 1. The lowest BCUT2D eigenvalue weighted by Crippen LogP contribution is -2.50. The summed E-state index contributed by atoms with van der Waals surface area (Å²) in [7, 11) is 0. The van der Waals surface area contributed by atoms with E-state index in [1.165, 1.54) is 25.9 Å². The van der Waals surface area contributed by atoms with E-state index in [0.29, 0.717) is 24.6 Å². The largest absolute Gasteiger partial charge is 0.450 e. The van der Waals surface area contributed by atoms with Crippen molar-refractivity contribution in [2.45, 2.75) is 65.5 Å². The summed E-state index contributed by atoms with van der Waals surface area (Å²) in [5.74, 6) is 1.50. The van der Waals surface area contributed by atoms with Gasteiger partial charge in [0.15, 0.2) is 5.96 Å². The lowest BCUT2D eigenvalue weighted by Gasteiger charge is -2.33. The molecule has 1 amide bonds. The highest BCUT2D eigenvalue weighted by atomic mass is 127. The van der Waals surface area contributed by atoms with Gasteiger partial charge in [-0.1, -0.05) is 13.8 Å². The van der Waals surface area contributed by atoms with E-state index in [4.69, 9.17) is 9.73 Å². The van der Waals surface area contributed by atoms with Crippen LogP contribution in [0.25, 0.3) is 0 Å². The quantitative estimate of drug-likeness (QED) is 0.314. The molecule has 0 aromatic carbocycles. The van der Waals surface area contributed by atoms with Gasteiger partial charge in [-0.05, 0) is 58.5 Å². The minimum absolute atomic E-state index is 0. The first-order valence-electron chi connectivity index (χ1n) is 10.8. The number of carbonyl (C=O) groups excluding carboxylic acids is 1. The zero-order valence-corrected chi connectivity index (χ0v) is 20.4. The Kier molecular flexibility index (Phi) is 12.1. The maximum atomic E-state index is 11.8. The van der Waals surface area contributed by atoms with Gasteiger partial charge in [0, 0.05) is 31.7 Å². The van der Waals surface area contributed by atoms with Gasteiger partial charge in [0.05, 0.1) is 13.2 Å². The topological polar surface area (TPSA) is 69.2 Å². The molecule has 0 spiro atoms. The van der Waals surface area contributed by atoms with Gasteiger partial charge in [0.1, 0.15) is 0 Å². The summed E-state index contributed by atoms with van der Waals surface area (Å²) in [6.45, 7) is 14.5. The summed E-state index contributed by atoms with van der Waals surface area (Å²) in [4.78, 5) is 21.1. The van der Waals surface area contributed by atoms with Crippen molar-refractivity contribution in [3.8, 4) is 0 Å². The maximum absolute atomic E-state index is 11.8. The predicted octanol–water partition coefficient (Wildman–Crippen LogP) is 2.90. The molecule has 2 rings (SSSR count). The van der Waals surface area contributed by atoms with Crippen LogP contribution < -0.4 is 10.6 Å². The molecule has 0 aliphatic carbocycles. The summed E-state index contributed by atoms with van der Waals surface area (Å²) in [5.41, 5.74) is 0. The van der Waals surface area contributed by atoms with Crippen LogP contribution >= 0.6 is 24.0 Å². The van der Waals surface area contributed by atoms with E-state index in [2.05, 4.69) is 36.3 Å². The zero-order valence-electron chi connectivity index (χ0n) is 18.1. The molecule has 2 saturated heterocycles. The van der Waals surface area contributed by atoms with Gasteiger partial charge in [0.2, 0.25) is 0 Å². The Balaban J connectivity index is 0.00000392. The number of nitrogens with one attached hydrogen (secondary N) is 2. The fourth-order valence-corrected chi connectivity index (χ4v) is 3.94. The van der Waals surface area contributed by atoms with Gasteiger partial charge in [-0.25, -0.2) is 4.79 Å². The Morgan fingerprint density at radius 2 is 1.79 bits per heavy atom. The first-order chi connectivity index (χ1) is 13.0. The molecule has 0 radical (unpaired) electrons. The number of piperidine rings is 1. The second-order valence-electron chi connectivity index (χ2n) is 7.88. The number of likely N-dealkylation sites (tertiary alicyclic amines) is 2. The van der Waals surface area contributed by atoms with Crippen LogP contribution in [-0.2, 0) is 4.74 Å². The average molecular weight is 509 g/mol. The van der Waals surface area contributed by atoms with E-state index in [9.17, 15) is 4.79 Å². The SMILES string of the molecule is CCNC(=NCC(C(C)C)N1CCCC1)NC1CCN(C(=O)OCC)CC1.I. The molecule has 0 saturated carbocycles. The Labute approximate surface area is 188 Å². The van der Waals surface area contributed by atoms with Crippen molar-refractivity contribution in [1.82, 2.24) is 20.4 Å². The van der Waals surface area contributed by atoms with E-state index < -0.39 is 0 Å². The Morgan fingerprint density at radius 3 is 2.32 bits per heavy atom. The Morgan fingerprint density at radius 1 is 1.14 bits per heavy atom. The number of amides is 1. The molecule has 28 heavy (non-hydrogen) atoms. The van der Waals surface area contributed by atoms with Crippen LogP contribution in [0.5, 0.6) is 0 Å². The maximum Gasteiger partial charge on any atom is 0.409 e. The highest BCUT2D eigenvalue weighted by molar-refractivity contribution is 14.0. The molecular weight excluding hydrogens is 469 g/mol. The van der Waals surface area contributed by atoms with Gasteiger partial charge >= 0.3 is 6.09 Å². The lowest BCUT2D eigenvalue weighted by molar-refractivity contribution is 0.0963. The van der Waals surface area contributed by atoms with Gasteiger partial charge in [0.25, 0.3) is 0 Å². The third-order valence-electron chi connectivity index (χ3n) is 5.52. The first kappa shape index (κ1) is 25.3.